The lowest BCUT2D eigenvalue weighted by Gasteiger charge is -2.23. The summed E-state index contributed by atoms with van der Waals surface area (Å²) >= 11 is 0. The molecule has 1 N–H and O–H groups in total. The summed E-state index contributed by atoms with van der Waals surface area (Å²) in [5.41, 5.74) is 1.37. The highest BCUT2D eigenvalue weighted by atomic mass is 14.9. The van der Waals surface area contributed by atoms with Crippen LogP contribution in [0, 0.1) is 16.7 Å². The molecule has 1 rings (SSSR count). The summed E-state index contributed by atoms with van der Waals surface area (Å²) in [5, 5.41) is 12.0. The molecule has 0 atom stereocenters. The van der Waals surface area contributed by atoms with Crippen molar-refractivity contribution in [2.45, 2.75) is 33.2 Å². The monoisotopic (exact) mass is 217 g/mol. The molecular weight excluding hydrogens is 198 g/mol. The van der Waals surface area contributed by atoms with Gasteiger partial charge < -0.3 is 5.32 Å². The normalized spacial score (nSPS) is 11.1. The smallest absolute Gasteiger partial charge is 0.0621 e. The zero-order valence-electron chi connectivity index (χ0n) is 10.0. The van der Waals surface area contributed by atoms with Crippen LogP contribution in [0.25, 0.3) is 0 Å². The molecule has 0 radical (unpaired) electrons. The molecule has 0 aliphatic carbocycles. The molecular formula is C13H19N3. The fourth-order valence-corrected chi connectivity index (χ4v) is 1.53. The Morgan fingerprint density at radius 3 is 2.94 bits per heavy atom. The number of aromatic nitrogens is 1. The first-order valence-electron chi connectivity index (χ1n) is 5.61. The number of pyridine rings is 1. The van der Waals surface area contributed by atoms with Gasteiger partial charge in [-0.05, 0) is 23.5 Å². The second kappa shape index (κ2) is 6.24. The summed E-state index contributed by atoms with van der Waals surface area (Å²) in [5.74, 6) is 0. The van der Waals surface area contributed by atoms with Crippen LogP contribution in [-0.2, 0) is 6.54 Å². The molecule has 0 aliphatic rings. The second-order valence-corrected chi connectivity index (χ2v) is 4.79. The van der Waals surface area contributed by atoms with E-state index in [-0.39, 0.29) is 5.41 Å². The minimum atomic E-state index is 0.179. The van der Waals surface area contributed by atoms with Crippen LogP contribution in [0.3, 0.4) is 0 Å². The molecule has 3 heteroatoms. The quantitative estimate of drug-likeness (QED) is 0.796. The fraction of sp³-hybridized carbons (Fsp3) is 0.538. The number of nitrogens with one attached hydrogen (secondary N) is 1. The van der Waals surface area contributed by atoms with Crippen LogP contribution in [0.2, 0.25) is 0 Å². The van der Waals surface area contributed by atoms with Gasteiger partial charge in [0.2, 0.25) is 0 Å². The Labute approximate surface area is 97.5 Å². The maximum absolute atomic E-state index is 8.55. The molecule has 1 aromatic heterocycles. The molecule has 0 bridgehead atoms. The molecule has 16 heavy (non-hydrogen) atoms. The highest BCUT2D eigenvalue weighted by Crippen LogP contribution is 2.20. The third kappa shape index (κ3) is 4.90. The van der Waals surface area contributed by atoms with Crippen molar-refractivity contribution >= 4 is 0 Å². The summed E-state index contributed by atoms with van der Waals surface area (Å²) < 4.78 is 0. The molecule has 1 heterocycles. The molecule has 86 valence electrons. The number of nitrogens with zero attached hydrogens (tertiary/aromatic N) is 2. The van der Waals surface area contributed by atoms with Crippen molar-refractivity contribution in [1.29, 1.82) is 5.26 Å². The predicted molar refractivity (Wildman–Crippen MR) is 64.6 cm³/mol. The van der Waals surface area contributed by atoms with Crippen molar-refractivity contribution in [2.24, 2.45) is 5.41 Å². The van der Waals surface area contributed by atoms with E-state index < -0.39 is 0 Å². The molecule has 0 spiro atoms. The van der Waals surface area contributed by atoms with Gasteiger partial charge in [-0.15, -0.1) is 0 Å². The predicted octanol–water partition coefficient (Wildman–Crippen LogP) is 2.50. The van der Waals surface area contributed by atoms with Gasteiger partial charge in [0.15, 0.2) is 0 Å². The molecule has 0 saturated carbocycles. The first kappa shape index (κ1) is 12.7. The van der Waals surface area contributed by atoms with E-state index >= 15 is 0 Å². The summed E-state index contributed by atoms with van der Waals surface area (Å²) in [6, 6.07) is 6.19. The fourth-order valence-electron chi connectivity index (χ4n) is 1.53. The Kier molecular flexibility index (Phi) is 4.94. The first-order chi connectivity index (χ1) is 7.64. The van der Waals surface area contributed by atoms with Crippen molar-refractivity contribution in [1.82, 2.24) is 10.3 Å². The molecule has 0 unspecified atom stereocenters. The van der Waals surface area contributed by atoms with Crippen LogP contribution in [0.15, 0.2) is 24.5 Å². The SMILES string of the molecule is CC(C)(CCC#N)CNCc1cccnc1. The summed E-state index contributed by atoms with van der Waals surface area (Å²) in [6.07, 6.45) is 5.21. The third-order valence-corrected chi connectivity index (χ3v) is 2.57. The average Bonchev–Trinajstić information content (AvgIpc) is 2.28. The Balaban J connectivity index is 2.27. The molecule has 1 aromatic rings. The number of nitriles is 1. The van der Waals surface area contributed by atoms with Crippen LogP contribution < -0.4 is 5.32 Å². The number of hydrogen-bond acceptors (Lipinski definition) is 3. The minimum absolute atomic E-state index is 0.179. The third-order valence-electron chi connectivity index (χ3n) is 2.57. The lowest BCUT2D eigenvalue weighted by molar-refractivity contribution is 0.317. The minimum Gasteiger partial charge on any atom is -0.312 e. The Bertz CT molecular complexity index is 338. The van der Waals surface area contributed by atoms with E-state index in [1.54, 1.807) is 6.20 Å². The molecule has 0 fully saturated rings. The topological polar surface area (TPSA) is 48.7 Å². The van der Waals surface area contributed by atoms with Crippen LogP contribution in [0.1, 0.15) is 32.3 Å². The lowest BCUT2D eigenvalue weighted by atomic mass is 9.88. The zero-order valence-corrected chi connectivity index (χ0v) is 10.0. The van der Waals surface area contributed by atoms with Gasteiger partial charge >= 0.3 is 0 Å². The van der Waals surface area contributed by atoms with Gasteiger partial charge in [0.1, 0.15) is 0 Å². The van der Waals surface area contributed by atoms with Gasteiger partial charge in [-0.2, -0.15) is 5.26 Å². The van der Waals surface area contributed by atoms with Gasteiger partial charge in [0.25, 0.3) is 0 Å². The average molecular weight is 217 g/mol. The largest absolute Gasteiger partial charge is 0.312 e. The van der Waals surface area contributed by atoms with Gasteiger partial charge in [-0.25, -0.2) is 0 Å². The van der Waals surface area contributed by atoms with Crippen LogP contribution >= 0.6 is 0 Å². The van der Waals surface area contributed by atoms with E-state index in [0.717, 1.165) is 19.5 Å². The highest BCUT2D eigenvalue weighted by Gasteiger charge is 2.16. The van der Waals surface area contributed by atoms with Crippen molar-refractivity contribution in [2.75, 3.05) is 6.54 Å². The lowest BCUT2D eigenvalue weighted by Crippen LogP contribution is -2.29. The Hall–Kier alpha value is -1.40. The summed E-state index contributed by atoms with van der Waals surface area (Å²) in [7, 11) is 0. The maximum Gasteiger partial charge on any atom is 0.0621 e. The van der Waals surface area contributed by atoms with Gasteiger partial charge in [-0.3, -0.25) is 4.98 Å². The van der Waals surface area contributed by atoms with E-state index in [9.17, 15) is 0 Å². The van der Waals surface area contributed by atoms with Gasteiger partial charge in [0, 0.05) is 31.9 Å². The van der Waals surface area contributed by atoms with Crippen molar-refractivity contribution in [3.05, 3.63) is 30.1 Å². The van der Waals surface area contributed by atoms with Crippen molar-refractivity contribution in [3.63, 3.8) is 0 Å². The van der Waals surface area contributed by atoms with Crippen molar-refractivity contribution < 1.29 is 0 Å². The second-order valence-electron chi connectivity index (χ2n) is 4.79. The zero-order chi connectivity index (χ0) is 11.9. The summed E-state index contributed by atoms with van der Waals surface area (Å²) in [6.45, 7) is 6.12. The van der Waals surface area contributed by atoms with Crippen LogP contribution in [0.4, 0.5) is 0 Å². The van der Waals surface area contributed by atoms with Gasteiger partial charge in [-0.1, -0.05) is 19.9 Å². The van der Waals surface area contributed by atoms with E-state index in [0.29, 0.717) is 6.42 Å². The Morgan fingerprint density at radius 2 is 2.31 bits per heavy atom. The maximum atomic E-state index is 8.55. The van der Waals surface area contributed by atoms with E-state index in [4.69, 9.17) is 5.26 Å². The molecule has 0 aliphatic heterocycles. The van der Waals surface area contributed by atoms with Crippen LogP contribution in [-0.4, -0.2) is 11.5 Å². The first-order valence-corrected chi connectivity index (χ1v) is 5.61. The van der Waals surface area contributed by atoms with E-state index in [2.05, 4.69) is 36.3 Å². The summed E-state index contributed by atoms with van der Waals surface area (Å²) in [4.78, 5) is 4.07. The number of rotatable bonds is 6. The molecule has 0 amide bonds. The Morgan fingerprint density at radius 1 is 1.50 bits per heavy atom. The van der Waals surface area contributed by atoms with Crippen LogP contribution in [0.5, 0.6) is 0 Å². The van der Waals surface area contributed by atoms with Crippen molar-refractivity contribution in [3.8, 4) is 6.07 Å². The standard InChI is InChI=1S/C13H19N3/c1-13(2,6-4-7-14)11-16-10-12-5-3-8-15-9-12/h3,5,8-9,16H,4,6,10-11H2,1-2H3. The van der Waals surface area contributed by atoms with E-state index in [1.165, 1.54) is 5.56 Å². The molecule has 3 nitrogen and oxygen atoms in total. The molecule has 0 aromatic carbocycles. The number of hydrogen-bond donors (Lipinski definition) is 1. The van der Waals surface area contributed by atoms with Gasteiger partial charge in [0.05, 0.1) is 6.07 Å². The van der Waals surface area contributed by atoms with E-state index in [1.807, 2.05) is 12.3 Å². The highest BCUT2D eigenvalue weighted by molar-refractivity contribution is 5.07. The molecule has 0 saturated heterocycles.